The topological polar surface area (TPSA) is 61.4 Å². The first-order chi connectivity index (χ1) is 34.0. The summed E-state index contributed by atoms with van der Waals surface area (Å²) in [5.74, 6) is 0.242. The van der Waals surface area contributed by atoms with Crippen LogP contribution in [0.1, 0.15) is 348 Å². The van der Waals surface area contributed by atoms with Crippen molar-refractivity contribution >= 4 is 18.2 Å². The Labute approximate surface area is 430 Å². The van der Waals surface area contributed by atoms with Crippen molar-refractivity contribution in [1.82, 2.24) is 10.2 Å². The number of nitrogens with one attached hydrogen (secondary N) is 1. The summed E-state index contributed by atoms with van der Waals surface area (Å²) in [7, 11) is 0. The third-order valence-corrected chi connectivity index (χ3v) is 16.9. The molecule has 0 aromatic heterocycles. The summed E-state index contributed by atoms with van der Waals surface area (Å²) >= 11 is 0. The molecule has 3 aliphatic rings. The molecule has 6 nitrogen and oxygen atoms in total. The number of nitrogens with zero attached hydrogens (tertiary/aromatic N) is 2. The molecule has 69 heavy (non-hydrogen) atoms. The Hall–Kier alpha value is -1.59. The SMILES string of the molecule is CCCCCCCCCCCCCCCCCCNC(=O)[C@H]1C[C@]2(C[C@]3(C1)OC=[N+]3CCCCCCCCCCCCCCCCCC)C(=O)N2CCCCCCCCCCCCCCCCCC. The highest BCUT2D eigenvalue weighted by atomic mass is 16.5. The number of rotatable bonds is 52. The Kier molecular flexibility index (Phi) is 37.4. The standard InChI is InChI=1S/C63H119N3O3/c1-4-7-10-13-16-19-22-25-28-31-34-37-40-43-46-49-52-64-60(67)59-55-62(61(68)66(62)54-51-48-45-42-39-36-33-30-27-24-21-18-15-12-9-6-3)57-63(56-59)65(58-69-63)53-50-47-44-41-38-35-32-29-26-23-20-17-14-11-8-5-2/h58-59H,4-57H2,1-3H3/p+1/t59-,62-,63-,66?/m0/s1. The van der Waals surface area contributed by atoms with Gasteiger partial charge in [0.25, 0.3) is 0 Å². The van der Waals surface area contributed by atoms with E-state index in [-0.39, 0.29) is 17.7 Å². The monoisotopic (exact) mass is 967 g/mol. The van der Waals surface area contributed by atoms with Gasteiger partial charge >= 0.3 is 12.1 Å². The van der Waals surface area contributed by atoms with Crippen LogP contribution in [0.5, 0.6) is 0 Å². The van der Waals surface area contributed by atoms with Gasteiger partial charge in [0.1, 0.15) is 12.1 Å². The lowest BCUT2D eigenvalue weighted by atomic mass is 9.74. The molecule has 0 radical (unpaired) electrons. The summed E-state index contributed by atoms with van der Waals surface area (Å²) in [4.78, 5) is 29.9. The van der Waals surface area contributed by atoms with Crippen molar-refractivity contribution in [2.75, 3.05) is 19.6 Å². The molecule has 3 rings (SSSR count). The second-order valence-electron chi connectivity index (χ2n) is 23.3. The van der Waals surface area contributed by atoms with Crippen molar-refractivity contribution < 1.29 is 18.9 Å². The molecule has 0 bridgehead atoms. The van der Waals surface area contributed by atoms with E-state index in [1.54, 1.807) is 0 Å². The minimum atomic E-state index is -0.523. The molecule has 1 aliphatic carbocycles. The predicted molar refractivity (Wildman–Crippen MR) is 298 cm³/mol. The first-order valence-electron chi connectivity index (χ1n) is 31.9. The highest BCUT2D eigenvalue weighted by Gasteiger charge is 2.73. The quantitative estimate of drug-likeness (QED) is 0.0375. The van der Waals surface area contributed by atoms with Crippen molar-refractivity contribution in [3.05, 3.63) is 0 Å². The Balaban J connectivity index is 1.32. The zero-order chi connectivity index (χ0) is 49.2. The van der Waals surface area contributed by atoms with Crippen molar-refractivity contribution in [2.45, 2.75) is 359 Å². The van der Waals surface area contributed by atoms with Gasteiger partial charge in [0.05, 0.1) is 18.8 Å². The van der Waals surface area contributed by atoms with Crippen LogP contribution in [0.15, 0.2) is 0 Å². The Morgan fingerprint density at radius 2 is 0.797 bits per heavy atom. The average molecular weight is 968 g/mol. The zero-order valence-electron chi connectivity index (χ0n) is 47.0. The van der Waals surface area contributed by atoms with Gasteiger partial charge in [-0.1, -0.05) is 303 Å². The van der Waals surface area contributed by atoms with Gasteiger partial charge in [-0.15, -0.1) is 0 Å². The largest absolute Gasteiger partial charge is 0.384 e. The highest BCUT2D eigenvalue weighted by molar-refractivity contribution is 6.03. The number of carbonyl (C=O) groups is 2. The maximum atomic E-state index is 13.9. The first-order valence-corrected chi connectivity index (χ1v) is 31.9. The van der Waals surface area contributed by atoms with Crippen LogP contribution in [0.25, 0.3) is 0 Å². The summed E-state index contributed by atoms with van der Waals surface area (Å²) < 4.78 is 8.81. The molecule has 2 heterocycles. The molecule has 2 aliphatic heterocycles. The number of carbonyl (C=O) groups excluding carboxylic acids is 2. The molecule has 3 atom stereocenters. The molecule has 2 spiro atoms. The molecule has 1 saturated carbocycles. The Morgan fingerprint density at radius 3 is 1.13 bits per heavy atom. The van der Waals surface area contributed by atoms with Crippen LogP contribution in [-0.2, 0) is 14.3 Å². The Bertz CT molecular complexity index is 1250. The van der Waals surface area contributed by atoms with Crippen LogP contribution >= 0.6 is 0 Å². The van der Waals surface area contributed by atoms with Gasteiger partial charge in [0.15, 0.2) is 0 Å². The summed E-state index contributed by atoms with van der Waals surface area (Å²) in [6.45, 7) is 9.45. The predicted octanol–water partition coefficient (Wildman–Crippen LogP) is 19.0. The minimum Gasteiger partial charge on any atom is -0.384 e. The summed E-state index contributed by atoms with van der Waals surface area (Å²) in [6, 6.07) is 0. The fourth-order valence-electron chi connectivity index (χ4n) is 12.2. The maximum Gasteiger partial charge on any atom is 0.332 e. The van der Waals surface area contributed by atoms with Gasteiger partial charge in [-0.05, 0) is 25.7 Å². The van der Waals surface area contributed by atoms with Gasteiger partial charge in [0.2, 0.25) is 11.8 Å². The molecule has 404 valence electrons. The minimum absolute atomic E-state index is 0.148. The zero-order valence-corrected chi connectivity index (χ0v) is 47.0. The molecule has 2 fully saturated rings. The molecule has 6 heteroatoms. The first kappa shape index (κ1) is 61.7. The molecular weight excluding hydrogens is 847 g/mol. The van der Waals surface area contributed by atoms with E-state index in [1.807, 2.05) is 6.40 Å². The number of ether oxygens (including phenoxy) is 1. The third-order valence-electron chi connectivity index (χ3n) is 16.9. The van der Waals surface area contributed by atoms with Crippen LogP contribution in [0, 0.1) is 5.92 Å². The van der Waals surface area contributed by atoms with E-state index in [9.17, 15) is 9.59 Å². The lowest BCUT2D eigenvalue weighted by molar-refractivity contribution is -0.708. The van der Waals surface area contributed by atoms with Crippen molar-refractivity contribution in [3.63, 3.8) is 0 Å². The van der Waals surface area contributed by atoms with Crippen LogP contribution in [-0.4, -0.2) is 58.6 Å². The van der Waals surface area contributed by atoms with Gasteiger partial charge in [-0.2, -0.15) is 4.58 Å². The number of hydrogen-bond acceptors (Lipinski definition) is 3. The van der Waals surface area contributed by atoms with E-state index in [1.165, 1.54) is 289 Å². The lowest BCUT2D eigenvalue weighted by Crippen LogP contribution is -2.62. The van der Waals surface area contributed by atoms with E-state index in [2.05, 4.69) is 35.6 Å². The van der Waals surface area contributed by atoms with Crippen LogP contribution in [0.2, 0.25) is 0 Å². The summed E-state index contributed by atoms with van der Waals surface area (Å²) in [6.07, 6.45) is 69.4. The van der Waals surface area contributed by atoms with E-state index in [0.717, 1.165) is 45.3 Å². The second-order valence-corrected chi connectivity index (χ2v) is 23.3. The van der Waals surface area contributed by atoms with E-state index in [4.69, 9.17) is 4.74 Å². The van der Waals surface area contributed by atoms with Crippen LogP contribution in [0.3, 0.4) is 0 Å². The molecule has 1 N–H and O–H groups in total. The lowest BCUT2D eigenvalue weighted by Gasteiger charge is -2.42. The molecule has 2 amide bonds. The van der Waals surface area contributed by atoms with E-state index >= 15 is 0 Å². The normalized spacial score (nSPS) is 19.6. The van der Waals surface area contributed by atoms with Gasteiger partial charge in [-0.3, -0.25) is 9.59 Å². The smallest absolute Gasteiger partial charge is 0.332 e. The molecule has 0 aromatic carbocycles. The summed E-state index contributed by atoms with van der Waals surface area (Å²) in [5.41, 5.74) is -1.03. The second kappa shape index (κ2) is 41.8. The fraction of sp³-hybridized carbons (Fsp3) is 0.952. The molecule has 0 aromatic rings. The fourth-order valence-corrected chi connectivity index (χ4v) is 12.2. The van der Waals surface area contributed by atoms with Crippen molar-refractivity contribution in [1.29, 1.82) is 0 Å². The summed E-state index contributed by atoms with van der Waals surface area (Å²) in [5, 5.41) is 3.35. The molecular formula is C63H120N3O3+. The Morgan fingerprint density at radius 1 is 0.478 bits per heavy atom. The van der Waals surface area contributed by atoms with E-state index < -0.39 is 11.3 Å². The van der Waals surface area contributed by atoms with Crippen LogP contribution < -0.4 is 5.32 Å². The highest BCUT2D eigenvalue weighted by Crippen LogP contribution is 2.54. The average Bonchev–Trinajstić information content (AvgIpc) is 3.88. The van der Waals surface area contributed by atoms with Crippen LogP contribution in [0.4, 0.5) is 0 Å². The third kappa shape index (κ3) is 27.9. The number of amides is 2. The molecule has 1 saturated heterocycles. The van der Waals surface area contributed by atoms with Gasteiger partial charge in [-0.25, -0.2) is 0 Å². The number of hydrogen-bond donors (Lipinski definition) is 1. The maximum absolute atomic E-state index is 13.9. The van der Waals surface area contributed by atoms with E-state index in [0.29, 0.717) is 12.8 Å². The molecule has 0 unspecified atom stereocenters. The number of unbranched alkanes of at least 4 members (excludes halogenated alkanes) is 45. The van der Waals surface area contributed by atoms with Crippen molar-refractivity contribution in [3.8, 4) is 0 Å². The van der Waals surface area contributed by atoms with Gasteiger partial charge in [0, 0.05) is 19.5 Å². The van der Waals surface area contributed by atoms with Gasteiger partial charge < -0.3 is 15.0 Å². The van der Waals surface area contributed by atoms with Crippen molar-refractivity contribution in [2.24, 2.45) is 5.92 Å².